The largest absolute Gasteiger partial charge is 0.346 e. The van der Waals surface area contributed by atoms with E-state index in [-0.39, 0.29) is 25.0 Å². The second kappa shape index (κ2) is 7.31. The van der Waals surface area contributed by atoms with Gasteiger partial charge in [-0.1, -0.05) is 13.8 Å². The van der Waals surface area contributed by atoms with Gasteiger partial charge < -0.3 is 10.2 Å². The molecule has 2 aliphatic heterocycles. The molecule has 0 aromatic heterocycles. The fraction of sp³-hybridized carbons (Fsp3) is 0.929. The third kappa shape index (κ3) is 4.38. The quantitative estimate of drug-likeness (QED) is 0.839. The Kier molecular flexibility index (Phi) is 6.33. The van der Waals surface area contributed by atoms with Gasteiger partial charge in [-0.25, -0.2) is 8.78 Å². The first kappa shape index (κ1) is 17.3. The molecule has 1 amide bonds. The molecule has 0 aromatic rings. The number of nitrogens with one attached hydrogen (secondary N) is 1. The predicted molar refractivity (Wildman–Crippen MR) is 76.0 cm³/mol. The molecular weight excluding hydrogens is 264 g/mol. The van der Waals surface area contributed by atoms with Crippen molar-refractivity contribution in [3.8, 4) is 0 Å². The summed E-state index contributed by atoms with van der Waals surface area (Å²) in [7, 11) is 2.05. The maximum Gasteiger partial charge on any atom is 0.281 e. The highest BCUT2D eigenvalue weighted by Gasteiger charge is 2.50. The molecule has 2 saturated heterocycles. The number of carbonyl (C=O) groups excluding carboxylic acids is 1. The summed E-state index contributed by atoms with van der Waals surface area (Å²) in [4.78, 5) is 15.0. The van der Waals surface area contributed by atoms with Crippen molar-refractivity contribution in [3.05, 3.63) is 0 Å². The van der Waals surface area contributed by atoms with Crippen LogP contribution in [0.2, 0.25) is 0 Å². The molecule has 2 fully saturated rings. The van der Waals surface area contributed by atoms with E-state index >= 15 is 0 Å². The average molecular weight is 291 g/mol. The Morgan fingerprint density at radius 1 is 1.25 bits per heavy atom. The van der Waals surface area contributed by atoms with Gasteiger partial charge in [0.1, 0.15) is 6.04 Å². The Labute approximate surface area is 120 Å². The molecule has 2 rings (SSSR count). The number of alkyl halides is 2. The third-order valence-corrected chi connectivity index (χ3v) is 3.92. The summed E-state index contributed by atoms with van der Waals surface area (Å²) in [6.07, 6.45) is 1.86. The maximum absolute atomic E-state index is 13.8. The highest BCUT2D eigenvalue weighted by atomic mass is 19.3. The predicted octanol–water partition coefficient (Wildman–Crippen LogP) is 1.56. The minimum Gasteiger partial charge on any atom is -0.346 e. The van der Waals surface area contributed by atoms with Gasteiger partial charge in [-0.2, -0.15) is 0 Å². The number of likely N-dealkylation sites (tertiary alicyclic amines) is 2. The van der Waals surface area contributed by atoms with Crippen LogP contribution in [0.15, 0.2) is 0 Å². The zero-order valence-electron chi connectivity index (χ0n) is 13.0. The van der Waals surface area contributed by atoms with Crippen molar-refractivity contribution in [2.24, 2.45) is 0 Å². The molecule has 1 atom stereocenters. The van der Waals surface area contributed by atoms with Crippen molar-refractivity contribution in [2.75, 3.05) is 33.2 Å². The lowest BCUT2D eigenvalue weighted by atomic mass is 10.0. The van der Waals surface area contributed by atoms with E-state index < -0.39 is 12.0 Å². The Balaban J connectivity index is 0.000000956. The number of halogens is 2. The summed E-state index contributed by atoms with van der Waals surface area (Å²) in [6.45, 7) is 7.23. The van der Waals surface area contributed by atoms with Crippen molar-refractivity contribution in [3.63, 3.8) is 0 Å². The molecule has 0 radical (unpaired) electrons. The summed E-state index contributed by atoms with van der Waals surface area (Å²) in [6, 6.07) is -0.805. The summed E-state index contributed by atoms with van der Waals surface area (Å²) < 4.78 is 27.6. The van der Waals surface area contributed by atoms with Crippen molar-refractivity contribution >= 4 is 5.91 Å². The molecule has 118 valence electrons. The van der Waals surface area contributed by atoms with Gasteiger partial charge in [-0.3, -0.25) is 9.69 Å². The number of rotatable bonds is 2. The van der Waals surface area contributed by atoms with Crippen LogP contribution >= 0.6 is 0 Å². The Hall–Kier alpha value is -0.750. The first-order valence-electron chi connectivity index (χ1n) is 7.46. The molecule has 2 aliphatic rings. The van der Waals surface area contributed by atoms with Crippen molar-refractivity contribution < 1.29 is 13.6 Å². The number of amides is 1. The minimum absolute atomic E-state index is 0.228. The van der Waals surface area contributed by atoms with Crippen molar-refractivity contribution in [1.82, 2.24) is 15.1 Å². The number of nitrogens with zero attached hydrogens (tertiary/aromatic N) is 2. The van der Waals surface area contributed by atoms with Crippen LogP contribution in [0.5, 0.6) is 0 Å². The van der Waals surface area contributed by atoms with E-state index in [4.69, 9.17) is 0 Å². The summed E-state index contributed by atoms with van der Waals surface area (Å²) in [5.41, 5.74) is 0. The third-order valence-electron chi connectivity index (χ3n) is 3.92. The van der Waals surface area contributed by atoms with Gasteiger partial charge in [0.15, 0.2) is 0 Å². The van der Waals surface area contributed by atoms with Crippen molar-refractivity contribution in [2.45, 2.75) is 51.6 Å². The van der Waals surface area contributed by atoms with Crippen LogP contribution in [-0.2, 0) is 4.79 Å². The highest BCUT2D eigenvalue weighted by molar-refractivity contribution is 5.73. The molecule has 0 saturated carbocycles. The van der Waals surface area contributed by atoms with E-state index in [1.807, 2.05) is 18.7 Å². The molecule has 20 heavy (non-hydrogen) atoms. The lowest BCUT2D eigenvalue weighted by Gasteiger charge is -2.34. The van der Waals surface area contributed by atoms with E-state index in [0.717, 1.165) is 25.9 Å². The van der Waals surface area contributed by atoms with Gasteiger partial charge >= 0.3 is 0 Å². The van der Waals surface area contributed by atoms with Gasteiger partial charge in [-0.15, -0.1) is 0 Å². The van der Waals surface area contributed by atoms with Crippen LogP contribution in [0.1, 0.15) is 33.6 Å². The number of piperidine rings is 1. The Morgan fingerprint density at radius 3 is 2.30 bits per heavy atom. The van der Waals surface area contributed by atoms with Crippen LogP contribution in [0.3, 0.4) is 0 Å². The minimum atomic E-state index is -2.81. The fourth-order valence-electron chi connectivity index (χ4n) is 2.85. The van der Waals surface area contributed by atoms with Gasteiger partial charge in [-0.05, 0) is 33.0 Å². The van der Waals surface area contributed by atoms with Gasteiger partial charge in [0.25, 0.3) is 5.92 Å². The van der Waals surface area contributed by atoms with Gasteiger partial charge in [0.2, 0.25) is 5.91 Å². The zero-order chi connectivity index (χ0) is 15.3. The second-order valence-corrected chi connectivity index (χ2v) is 5.48. The first-order chi connectivity index (χ1) is 9.38. The second-order valence-electron chi connectivity index (χ2n) is 5.48. The molecule has 6 heteroatoms. The molecule has 2 heterocycles. The number of hydrogen-bond acceptors (Lipinski definition) is 3. The molecule has 0 bridgehead atoms. The zero-order valence-corrected chi connectivity index (χ0v) is 13.0. The van der Waals surface area contributed by atoms with Crippen molar-refractivity contribution in [1.29, 1.82) is 0 Å². The topological polar surface area (TPSA) is 35.6 Å². The fourth-order valence-corrected chi connectivity index (χ4v) is 2.85. The molecule has 1 unspecified atom stereocenters. The molecule has 0 aromatic carbocycles. The average Bonchev–Trinajstić information content (AvgIpc) is 2.67. The first-order valence-corrected chi connectivity index (χ1v) is 7.46. The van der Waals surface area contributed by atoms with Gasteiger partial charge in [0, 0.05) is 19.5 Å². The molecule has 1 N–H and O–H groups in total. The molecular formula is C14H27F2N3O. The van der Waals surface area contributed by atoms with Crippen LogP contribution in [0.4, 0.5) is 8.78 Å². The van der Waals surface area contributed by atoms with E-state index in [1.165, 1.54) is 6.92 Å². The number of carbonyl (C=O) groups is 1. The smallest absolute Gasteiger partial charge is 0.281 e. The Bertz CT molecular complexity index is 318. The monoisotopic (exact) mass is 291 g/mol. The SMILES string of the molecule is CC.CC(=O)NC1CN(C2CCN(C)CC2)CC1(F)F. The summed E-state index contributed by atoms with van der Waals surface area (Å²) in [5, 5.41) is 2.37. The number of hydrogen-bond donors (Lipinski definition) is 1. The molecule has 0 spiro atoms. The van der Waals surface area contributed by atoms with E-state index in [1.54, 1.807) is 0 Å². The van der Waals surface area contributed by atoms with Crippen LogP contribution in [0, 0.1) is 0 Å². The van der Waals surface area contributed by atoms with Crippen LogP contribution in [-0.4, -0.2) is 66.9 Å². The Morgan fingerprint density at radius 2 is 1.80 bits per heavy atom. The van der Waals surface area contributed by atoms with Crippen LogP contribution < -0.4 is 5.32 Å². The summed E-state index contributed by atoms with van der Waals surface area (Å²) >= 11 is 0. The van der Waals surface area contributed by atoms with E-state index in [9.17, 15) is 13.6 Å². The van der Waals surface area contributed by atoms with Gasteiger partial charge in [0.05, 0.1) is 6.54 Å². The molecule has 0 aliphatic carbocycles. The lowest BCUT2D eigenvalue weighted by Crippen LogP contribution is -2.46. The van der Waals surface area contributed by atoms with E-state index in [0.29, 0.717) is 0 Å². The van der Waals surface area contributed by atoms with Crippen LogP contribution in [0.25, 0.3) is 0 Å². The molecule has 4 nitrogen and oxygen atoms in total. The maximum atomic E-state index is 13.8. The lowest BCUT2D eigenvalue weighted by molar-refractivity contribution is -0.122. The van der Waals surface area contributed by atoms with E-state index in [2.05, 4.69) is 17.3 Å². The normalized spacial score (nSPS) is 27.8. The summed E-state index contributed by atoms with van der Waals surface area (Å²) in [5.74, 6) is -3.19. The standard InChI is InChI=1S/C12H21F2N3O.C2H6/c1-9(18)15-11-7-17(8-12(11,13)14)10-3-5-16(2)6-4-10;1-2/h10-11H,3-8H2,1-2H3,(H,15,18);1-2H3. The highest BCUT2D eigenvalue weighted by Crippen LogP contribution is 2.31.